The van der Waals surface area contributed by atoms with E-state index in [2.05, 4.69) is 46.3 Å². The van der Waals surface area contributed by atoms with Crippen molar-refractivity contribution in [2.45, 2.75) is 26.9 Å². The van der Waals surface area contributed by atoms with E-state index in [9.17, 15) is 0 Å². The molecule has 0 radical (unpaired) electrons. The van der Waals surface area contributed by atoms with Crippen LogP contribution in [-0.4, -0.2) is 28.4 Å². The molecule has 0 bridgehead atoms. The first-order chi connectivity index (χ1) is 9.67. The van der Waals surface area contributed by atoms with Crippen LogP contribution in [0.3, 0.4) is 0 Å². The summed E-state index contributed by atoms with van der Waals surface area (Å²) in [5.41, 5.74) is 3.62. The summed E-state index contributed by atoms with van der Waals surface area (Å²) in [6.07, 6.45) is 3.68. The third-order valence-electron chi connectivity index (χ3n) is 3.47. The van der Waals surface area contributed by atoms with Gasteiger partial charge in [0.2, 0.25) is 0 Å². The Morgan fingerprint density at radius 2 is 2.00 bits per heavy atom. The van der Waals surface area contributed by atoms with Gasteiger partial charge in [-0.05, 0) is 38.6 Å². The normalized spacial score (nSPS) is 10.8. The molecule has 0 aliphatic heterocycles. The quantitative estimate of drug-likeness (QED) is 0.873. The molecule has 2 rings (SSSR count). The lowest BCUT2D eigenvalue weighted by Gasteiger charge is -2.24. The molecule has 0 unspecified atom stereocenters. The van der Waals surface area contributed by atoms with E-state index >= 15 is 0 Å². The second kappa shape index (κ2) is 6.52. The number of anilines is 1. The zero-order valence-electron chi connectivity index (χ0n) is 12.7. The second-order valence-corrected chi connectivity index (χ2v) is 4.91. The molecule has 0 saturated carbocycles. The smallest absolute Gasteiger partial charge is 0.131 e. The van der Waals surface area contributed by atoms with Gasteiger partial charge < -0.3 is 10.2 Å². The molecule has 2 aromatic heterocycles. The lowest BCUT2D eigenvalue weighted by Crippen LogP contribution is -2.26. The predicted octanol–water partition coefficient (Wildman–Crippen LogP) is 1.87. The fourth-order valence-electron chi connectivity index (χ4n) is 2.51. The highest BCUT2D eigenvalue weighted by Crippen LogP contribution is 2.24. The Morgan fingerprint density at radius 1 is 1.30 bits per heavy atom. The van der Waals surface area contributed by atoms with Crippen molar-refractivity contribution in [2.24, 2.45) is 7.05 Å². The molecule has 0 atom stereocenters. The number of hydrogen-bond donors (Lipinski definition) is 1. The van der Waals surface area contributed by atoms with Crippen LogP contribution in [0.1, 0.15) is 23.7 Å². The number of rotatable bonds is 6. The molecule has 0 aliphatic carbocycles. The van der Waals surface area contributed by atoms with Crippen molar-refractivity contribution in [2.75, 3.05) is 18.5 Å². The Bertz CT molecular complexity index is 547. The van der Waals surface area contributed by atoms with E-state index in [1.54, 1.807) is 0 Å². The van der Waals surface area contributed by atoms with Crippen molar-refractivity contribution in [1.29, 1.82) is 0 Å². The third kappa shape index (κ3) is 2.99. The average Bonchev–Trinajstić information content (AvgIpc) is 2.73. The number of nitrogens with zero attached hydrogens (tertiary/aromatic N) is 4. The number of nitrogens with one attached hydrogen (secondary N) is 1. The molecule has 0 aliphatic rings. The van der Waals surface area contributed by atoms with E-state index < -0.39 is 0 Å². The van der Waals surface area contributed by atoms with Crippen LogP contribution in [-0.2, 0) is 20.1 Å². The van der Waals surface area contributed by atoms with E-state index in [1.165, 1.54) is 16.9 Å². The molecule has 0 saturated heterocycles. The van der Waals surface area contributed by atoms with E-state index in [-0.39, 0.29) is 0 Å². The van der Waals surface area contributed by atoms with Gasteiger partial charge in [0.25, 0.3) is 0 Å². The van der Waals surface area contributed by atoms with E-state index in [4.69, 9.17) is 0 Å². The fourth-order valence-corrected chi connectivity index (χ4v) is 2.51. The highest BCUT2D eigenvalue weighted by molar-refractivity contribution is 5.50. The van der Waals surface area contributed by atoms with Gasteiger partial charge in [-0.2, -0.15) is 5.10 Å². The van der Waals surface area contributed by atoms with Gasteiger partial charge in [-0.25, -0.2) is 0 Å². The first-order valence-electron chi connectivity index (χ1n) is 6.98. The van der Waals surface area contributed by atoms with Crippen LogP contribution in [0.5, 0.6) is 0 Å². The molecule has 5 nitrogen and oxygen atoms in total. The molecule has 0 aromatic carbocycles. The number of aryl methyl sites for hydroxylation is 2. The minimum atomic E-state index is 0.835. The fraction of sp³-hybridized carbons (Fsp3) is 0.467. The van der Waals surface area contributed by atoms with Crippen LogP contribution < -0.4 is 10.2 Å². The topological polar surface area (TPSA) is 46.0 Å². The molecule has 20 heavy (non-hydrogen) atoms. The van der Waals surface area contributed by atoms with Crippen molar-refractivity contribution in [3.8, 4) is 0 Å². The standard InChI is InChI=1S/C15H23N5/c1-5-20(11-13-6-8-17-9-7-13)15-14(10-16-3)12(2)18-19(15)4/h6-9,16H,5,10-11H2,1-4H3. The predicted molar refractivity (Wildman–Crippen MR) is 81.7 cm³/mol. The van der Waals surface area contributed by atoms with Crippen molar-refractivity contribution >= 4 is 5.82 Å². The molecular formula is C15H23N5. The lowest BCUT2D eigenvalue weighted by molar-refractivity contribution is 0.700. The molecule has 1 N–H and O–H groups in total. The number of pyridine rings is 1. The minimum Gasteiger partial charge on any atom is -0.353 e. The number of hydrogen-bond acceptors (Lipinski definition) is 4. The maximum atomic E-state index is 4.56. The van der Waals surface area contributed by atoms with Crippen LogP contribution in [0.2, 0.25) is 0 Å². The van der Waals surface area contributed by atoms with E-state index in [0.717, 1.165) is 25.3 Å². The Morgan fingerprint density at radius 3 is 2.60 bits per heavy atom. The van der Waals surface area contributed by atoms with Gasteiger partial charge >= 0.3 is 0 Å². The highest BCUT2D eigenvalue weighted by atomic mass is 15.4. The zero-order valence-corrected chi connectivity index (χ0v) is 12.7. The van der Waals surface area contributed by atoms with Gasteiger partial charge in [0.15, 0.2) is 0 Å². The van der Waals surface area contributed by atoms with Crippen LogP contribution in [0.15, 0.2) is 24.5 Å². The Labute approximate surface area is 120 Å². The summed E-state index contributed by atoms with van der Waals surface area (Å²) in [5, 5.41) is 7.79. The molecule has 0 fully saturated rings. The first-order valence-corrected chi connectivity index (χ1v) is 6.98. The maximum Gasteiger partial charge on any atom is 0.131 e. The van der Waals surface area contributed by atoms with Crippen molar-refractivity contribution in [3.05, 3.63) is 41.3 Å². The SMILES string of the molecule is CCN(Cc1ccncc1)c1c(CNC)c(C)nn1C. The van der Waals surface area contributed by atoms with Gasteiger partial charge in [0.05, 0.1) is 5.69 Å². The minimum absolute atomic E-state index is 0.835. The van der Waals surface area contributed by atoms with Crippen molar-refractivity contribution in [1.82, 2.24) is 20.1 Å². The highest BCUT2D eigenvalue weighted by Gasteiger charge is 2.18. The maximum absolute atomic E-state index is 4.56. The lowest BCUT2D eigenvalue weighted by atomic mass is 10.2. The summed E-state index contributed by atoms with van der Waals surface area (Å²) in [5.74, 6) is 1.19. The molecule has 108 valence electrons. The molecular weight excluding hydrogens is 250 g/mol. The summed E-state index contributed by atoms with van der Waals surface area (Å²) in [7, 11) is 3.98. The van der Waals surface area contributed by atoms with E-state index in [1.807, 2.05) is 31.2 Å². The summed E-state index contributed by atoms with van der Waals surface area (Å²) in [6, 6.07) is 4.12. The first kappa shape index (κ1) is 14.5. The number of aromatic nitrogens is 3. The molecule has 2 heterocycles. The van der Waals surface area contributed by atoms with Crippen molar-refractivity contribution < 1.29 is 0 Å². The van der Waals surface area contributed by atoms with Gasteiger partial charge in [-0.1, -0.05) is 0 Å². The summed E-state index contributed by atoms with van der Waals surface area (Å²) in [6.45, 7) is 6.89. The Balaban J connectivity index is 2.32. The summed E-state index contributed by atoms with van der Waals surface area (Å²) in [4.78, 5) is 6.42. The molecule has 0 amide bonds. The van der Waals surface area contributed by atoms with Crippen LogP contribution in [0, 0.1) is 6.92 Å². The second-order valence-electron chi connectivity index (χ2n) is 4.91. The Kier molecular flexibility index (Phi) is 4.74. The van der Waals surface area contributed by atoms with Gasteiger partial charge in [-0.3, -0.25) is 9.67 Å². The average molecular weight is 273 g/mol. The van der Waals surface area contributed by atoms with Gasteiger partial charge in [-0.15, -0.1) is 0 Å². The van der Waals surface area contributed by atoms with Crippen molar-refractivity contribution in [3.63, 3.8) is 0 Å². The van der Waals surface area contributed by atoms with Gasteiger partial charge in [0.1, 0.15) is 5.82 Å². The van der Waals surface area contributed by atoms with Gasteiger partial charge in [0, 0.05) is 44.6 Å². The third-order valence-corrected chi connectivity index (χ3v) is 3.47. The summed E-state index contributed by atoms with van der Waals surface area (Å²) < 4.78 is 1.98. The molecule has 2 aromatic rings. The van der Waals surface area contributed by atoms with Crippen LogP contribution in [0.4, 0.5) is 5.82 Å². The van der Waals surface area contributed by atoms with Crippen LogP contribution in [0.25, 0.3) is 0 Å². The molecule has 0 spiro atoms. The zero-order chi connectivity index (χ0) is 14.5. The molecule has 5 heteroatoms. The summed E-state index contributed by atoms with van der Waals surface area (Å²) >= 11 is 0. The Hall–Kier alpha value is -1.88. The monoisotopic (exact) mass is 273 g/mol. The van der Waals surface area contributed by atoms with Crippen LogP contribution >= 0.6 is 0 Å². The largest absolute Gasteiger partial charge is 0.353 e. The van der Waals surface area contributed by atoms with E-state index in [0.29, 0.717) is 0 Å².